The SMILES string of the molecule is CC(C)[C](=[Zr+2])C(C)C.Cc1ccc(C)[cH-]1.[Cl-].[Cl-].[c-]1cccc2c1Cc1ccccc1-2. The maximum absolute atomic E-state index is 3.30. The maximum Gasteiger partial charge on any atom is -0.0253 e. The Morgan fingerprint density at radius 1 is 0.833 bits per heavy atom. The number of aryl methyl sites for hydroxylation is 2. The molecule has 0 aliphatic heterocycles. The molecule has 0 fully saturated rings. The van der Waals surface area contributed by atoms with Gasteiger partial charge in [-0.15, -0.1) is 5.56 Å². The van der Waals surface area contributed by atoms with E-state index in [1.807, 2.05) is 6.07 Å². The van der Waals surface area contributed by atoms with Crippen molar-refractivity contribution in [3.05, 3.63) is 89.0 Å². The summed E-state index contributed by atoms with van der Waals surface area (Å²) in [4.78, 5) is 0. The van der Waals surface area contributed by atoms with Crippen molar-refractivity contribution in [1.82, 2.24) is 0 Å². The third-order valence-corrected chi connectivity index (χ3v) is 7.76. The molecule has 0 amide bonds. The molecule has 3 heteroatoms. The van der Waals surface area contributed by atoms with Crippen LogP contribution < -0.4 is 24.8 Å². The quantitative estimate of drug-likeness (QED) is 0.349. The molecular weight excluding hydrogens is 486 g/mol. The summed E-state index contributed by atoms with van der Waals surface area (Å²) in [6, 6.07) is 24.5. The minimum Gasteiger partial charge on any atom is -1.00 e. The summed E-state index contributed by atoms with van der Waals surface area (Å²) in [5.74, 6) is 1.60. The third kappa shape index (κ3) is 8.70. The van der Waals surface area contributed by atoms with Crippen LogP contribution in [0, 0.1) is 31.7 Å². The Morgan fingerprint density at radius 3 is 1.83 bits per heavy atom. The molecule has 1 aliphatic carbocycles. The normalized spacial score (nSPS) is 10.5. The number of benzene rings is 2. The summed E-state index contributed by atoms with van der Waals surface area (Å²) >= 11 is 1.61. The van der Waals surface area contributed by atoms with E-state index < -0.39 is 0 Å². The van der Waals surface area contributed by atoms with Crippen LogP contribution in [-0.4, -0.2) is 3.21 Å². The summed E-state index contributed by atoms with van der Waals surface area (Å²) in [5.41, 5.74) is 8.23. The zero-order valence-corrected chi connectivity index (χ0v) is 22.9. The fourth-order valence-electron chi connectivity index (χ4n) is 3.38. The van der Waals surface area contributed by atoms with Crippen LogP contribution in [0.2, 0.25) is 0 Å². The van der Waals surface area contributed by atoms with Gasteiger partial charge in [-0.2, -0.15) is 47.0 Å². The van der Waals surface area contributed by atoms with Crippen LogP contribution in [0.4, 0.5) is 0 Å². The van der Waals surface area contributed by atoms with E-state index in [2.05, 4.69) is 102 Å². The van der Waals surface area contributed by atoms with Crippen molar-refractivity contribution in [3.63, 3.8) is 0 Å². The maximum atomic E-state index is 3.30. The molecule has 0 saturated heterocycles. The topological polar surface area (TPSA) is 0 Å². The van der Waals surface area contributed by atoms with Crippen LogP contribution in [0.3, 0.4) is 0 Å². The van der Waals surface area contributed by atoms with E-state index in [1.54, 1.807) is 27.4 Å². The first-order chi connectivity index (χ1) is 13.3. The summed E-state index contributed by atoms with van der Waals surface area (Å²) < 4.78 is 1.69. The van der Waals surface area contributed by atoms with E-state index in [9.17, 15) is 0 Å². The number of hydrogen-bond acceptors (Lipinski definition) is 0. The van der Waals surface area contributed by atoms with Gasteiger partial charge in [0.15, 0.2) is 0 Å². The van der Waals surface area contributed by atoms with E-state index in [0.29, 0.717) is 0 Å². The molecule has 0 bridgehead atoms. The predicted octanol–water partition coefficient (Wildman–Crippen LogP) is 1.11. The minimum atomic E-state index is 0. The number of fused-ring (bicyclic) bond motifs is 3. The second-order valence-electron chi connectivity index (χ2n) is 8.13. The van der Waals surface area contributed by atoms with E-state index in [0.717, 1.165) is 18.3 Å². The van der Waals surface area contributed by atoms with Crippen LogP contribution in [0.15, 0.2) is 60.7 Å². The number of halogens is 2. The van der Waals surface area contributed by atoms with E-state index in [1.165, 1.54) is 33.4 Å². The zero-order valence-electron chi connectivity index (χ0n) is 18.9. The van der Waals surface area contributed by atoms with Crippen molar-refractivity contribution in [2.45, 2.75) is 48.0 Å². The van der Waals surface area contributed by atoms with Gasteiger partial charge >= 0.3 is 67.0 Å². The van der Waals surface area contributed by atoms with Crippen molar-refractivity contribution >= 4 is 3.21 Å². The van der Waals surface area contributed by atoms with Crippen molar-refractivity contribution in [2.75, 3.05) is 0 Å². The Bertz CT molecular complexity index is 836. The Balaban J connectivity index is 0.000000436. The monoisotopic (exact) mass is 516 g/mol. The predicted molar refractivity (Wildman–Crippen MR) is 120 cm³/mol. The smallest absolute Gasteiger partial charge is 0.0253 e. The van der Waals surface area contributed by atoms with Gasteiger partial charge in [0.25, 0.3) is 0 Å². The van der Waals surface area contributed by atoms with Crippen LogP contribution in [-0.2, 0) is 30.7 Å². The second kappa shape index (κ2) is 14.2. The fourth-order valence-corrected chi connectivity index (χ4v) is 3.38. The molecule has 0 spiro atoms. The largest absolute Gasteiger partial charge is 1.00 e. The van der Waals surface area contributed by atoms with Crippen LogP contribution in [0.25, 0.3) is 11.1 Å². The van der Waals surface area contributed by atoms with Gasteiger partial charge in [-0.25, -0.2) is 12.1 Å². The van der Waals surface area contributed by atoms with E-state index in [4.69, 9.17) is 0 Å². The zero-order chi connectivity index (χ0) is 20.7. The molecule has 0 N–H and O–H groups in total. The fraction of sp³-hybridized carbons (Fsp3) is 0.333. The van der Waals surface area contributed by atoms with Crippen molar-refractivity contribution < 1.29 is 49.0 Å². The first-order valence-corrected chi connectivity index (χ1v) is 11.4. The average Bonchev–Trinajstić information content (AvgIpc) is 3.24. The first-order valence-electron chi connectivity index (χ1n) is 10.2. The molecular formula is C27H32Cl2Zr-2. The van der Waals surface area contributed by atoms with Crippen LogP contribution >= 0.6 is 0 Å². The molecule has 0 saturated carbocycles. The molecule has 4 rings (SSSR count). The minimum absolute atomic E-state index is 0. The summed E-state index contributed by atoms with van der Waals surface area (Å²) in [7, 11) is 0. The summed E-state index contributed by atoms with van der Waals surface area (Å²) in [6.45, 7) is 13.3. The van der Waals surface area contributed by atoms with Crippen LogP contribution in [0.1, 0.15) is 49.9 Å². The summed E-state index contributed by atoms with van der Waals surface area (Å²) in [6.07, 6.45) is 1.05. The molecule has 3 aromatic rings. The molecule has 0 radical (unpaired) electrons. The molecule has 30 heavy (non-hydrogen) atoms. The van der Waals surface area contributed by atoms with Gasteiger partial charge in [0.1, 0.15) is 0 Å². The van der Waals surface area contributed by atoms with E-state index in [-0.39, 0.29) is 24.8 Å². The van der Waals surface area contributed by atoms with Crippen molar-refractivity contribution in [1.29, 1.82) is 0 Å². The van der Waals surface area contributed by atoms with Crippen molar-refractivity contribution in [3.8, 4) is 11.1 Å². The molecule has 3 aromatic carbocycles. The van der Waals surface area contributed by atoms with Crippen molar-refractivity contribution in [2.24, 2.45) is 11.8 Å². The van der Waals surface area contributed by atoms with Gasteiger partial charge in [0.05, 0.1) is 0 Å². The van der Waals surface area contributed by atoms with Crippen LogP contribution in [0.5, 0.6) is 0 Å². The molecule has 0 nitrogen and oxygen atoms in total. The molecule has 0 aromatic heterocycles. The second-order valence-corrected chi connectivity index (χ2v) is 9.55. The molecule has 0 unspecified atom stereocenters. The standard InChI is InChI=1S/C13H9.C7H9.C7H14.2ClH.Zr/c1-3-7-12-10(5-1)9-11-6-2-4-8-13(11)12;1-6-3-4-7(2)5-6;1-6(2)5-7(3)4;;;/h1-5,7-8H,9H2;3-5H,1-2H3;6-7H,1-4H3;2*1H;/q2*-1;;;;+2/p-2. The summed E-state index contributed by atoms with van der Waals surface area (Å²) in [5, 5.41) is 0. The molecule has 0 heterocycles. The van der Waals surface area contributed by atoms with Gasteiger partial charge in [0, 0.05) is 0 Å². The Hall–Kier alpha value is -0.877. The van der Waals surface area contributed by atoms with Gasteiger partial charge in [0.2, 0.25) is 0 Å². The Labute approximate surface area is 211 Å². The number of hydrogen-bond donors (Lipinski definition) is 0. The first kappa shape index (κ1) is 29.1. The van der Waals surface area contributed by atoms with Gasteiger partial charge in [-0.1, -0.05) is 49.2 Å². The van der Waals surface area contributed by atoms with E-state index >= 15 is 0 Å². The third-order valence-electron chi connectivity index (χ3n) is 4.93. The van der Waals surface area contributed by atoms with Gasteiger partial charge in [-0.05, 0) is 6.42 Å². The van der Waals surface area contributed by atoms with Gasteiger partial charge < -0.3 is 24.8 Å². The molecule has 160 valence electrons. The Morgan fingerprint density at radius 2 is 1.37 bits per heavy atom. The molecule has 1 aliphatic rings. The average molecular weight is 519 g/mol. The number of rotatable bonds is 2. The molecule has 0 atom stereocenters. The Kier molecular flexibility index (Phi) is 13.8. The van der Waals surface area contributed by atoms with Gasteiger partial charge in [-0.3, -0.25) is 0 Å².